The Labute approximate surface area is 106 Å². The third kappa shape index (κ3) is 2.12. The first-order valence-corrected chi connectivity index (χ1v) is 6.67. The lowest BCUT2D eigenvalue weighted by Crippen LogP contribution is -2.43. The number of nitrogens with zero attached hydrogens (tertiary/aromatic N) is 3. The molecule has 1 aromatic rings. The summed E-state index contributed by atoms with van der Waals surface area (Å²) in [6.45, 7) is 4.00. The molecule has 98 valence electrons. The minimum atomic E-state index is -0.0905. The van der Waals surface area contributed by atoms with E-state index in [1.165, 1.54) is 12.8 Å². The normalized spacial score (nSPS) is 28.1. The van der Waals surface area contributed by atoms with Crippen molar-refractivity contribution >= 4 is 5.91 Å². The Bertz CT molecular complexity index is 439. The number of carbonyl (C=O) groups is 1. The van der Waals surface area contributed by atoms with Crippen molar-refractivity contribution in [3.63, 3.8) is 0 Å². The molecule has 6 heteroatoms. The number of nitrogens with one attached hydrogen (secondary N) is 2. The fraction of sp³-hybridized carbons (Fsp3) is 0.750. The second-order valence-corrected chi connectivity index (χ2v) is 5.38. The SMILES string of the molecule is CC1CCCC1NC(=O)c1cn(C2CNC2)nn1. The predicted octanol–water partition coefficient (Wildman–Crippen LogP) is 0.341. The summed E-state index contributed by atoms with van der Waals surface area (Å²) in [5.74, 6) is 0.479. The zero-order chi connectivity index (χ0) is 12.5. The van der Waals surface area contributed by atoms with Crippen molar-refractivity contribution in [1.29, 1.82) is 0 Å². The van der Waals surface area contributed by atoms with Crippen LogP contribution < -0.4 is 10.6 Å². The first-order chi connectivity index (χ1) is 8.74. The Kier molecular flexibility index (Phi) is 3.03. The first kappa shape index (κ1) is 11.6. The number of carbonyl (C=O) groups excluding carboxylic acids is 1. The summed E-state index contributed by atoms with van der Waals surface area (Å²) in [7, 11) is 0. The van der Waals surface area contributed by atoms with Crippen LogP contribution in [0.4, 0.5) is 0 Å². The molecule has 2 N–H and O–H groups in total. The van der Waals surface area contributed by atoms with Crippen molar-refractivity contribution in [1.82, 2.24) is 25.6 Å². The molecule has 3 rings (SSSR count). The molecule has 1 saturated heterocycles. The van der Waals surface area contributed by atoms with Crippen LogP contribution in [0.3, 0.4) is 0 Å². The smallest absolute Gasteiger partial charge is 0.273 e. The number of aromatic nitrogens is 3. The van der Waals surface area contributed by atoms with Crippen LogP contribution in [0.15, 0.2) is 6.20 Å². The van der Waals surface area contributed by atoms with Gasteiger partial charge in [-0.25, -0.2) is 4.68 Å². The van der Waals surface area contributed by atoms with Crippen molar-refractivity contribution in [3.05, 3.63) is 11.9 Å². The van der Waals surface area contributed by atoms with E-state index in [1.54, 1.807) is 10.9 Å². The van der Waals surface area contributed by atoms with Gasteiger partial charge in [-0.3, -0.25) is 4.79 Å². The molecule has 1 aliphatic carbocycles. The van der Waals surface area contributed by atoms with Crippen LogP contribution in [-0.4, -0.2) is 40.0 Å². The Morgan fingerprint density at radius 3 is 2.94 bits per heavy atom. The van der Waals surface area contributed by atoms with Gasteiger partial charge in [0.25, 0.3) is 5.91 Å². The van der Waals surface area contributed by atoms with E-state index in [2.05, 4.69) is 27.9 Å². The molecular weight excluding hydrogens is 230 g/mol. The summed E-state index contributed by atoms with van der Waals surface area (Å²) in [5.41, 5.74) is 0.431. The van der Waals surface area contributed by atoms with Gasteiger partial charge in [0.1, 0.15) is 0 Å². The van der Waals surface area contributed by atoms with Gasteiger partial charge in [0.05, 0.1) is 12.2 Å². The van der Waals surface area contributed by atoms with E-state index in [1.807, 2.05) is 0 Å². The highest BCUT2D eigenvalue weighted by atomic mass is 16.2. The highest BCUT2D eigenvalue weighted by molar-refractivity contribution is 5.92. The molecule has 1 aromatic heterocycles. The van der Waals surface area contributed by atoms with Gasteiger partial charge in [0.2, 0.25) is 0 Å². The van der Waals surface area contributed by atoms with Gasteiger partial charge in [-0.15, -0.1) is 5.10 Å². The number of hydrogen-bond donors (Lipinski definition) is 2. The molecule has 1 saturated carbocycles. The molecule has 1 amide bonds. The lowest BCUT2D eigenvalue weighted by atomic mass is 10.1. The van der Waals surface area contributed by atoms with E-state index >= 15 is 0 Å². The van der Waals surface area contributed by atoms with E-state index < -0.39 is 0 Å². The van der Waals surface area contributed by atoms with Crippen LogP contribution in [0.5, 0.6) is 0 Å². The molecule has 0 spiro atoms. The quantitative estimate of drug-likeness (QED) is 0.810. The van der Waals surface area contributed by atoms with Gasteiger partial charge >= 0.3 is 0 Å². The third-order valence-corrected chi connectivity index (χ3v) is 4.05. The van der Waals surface area contributed by atoms with E-state index in [0.29, 0.717) is 23.7 Å². The van der Waals surface area contributed by atoms with Gasteiger partial charge in [-0.1, -0.05) is 18.6 Å². The lowest BCUT2D eigenvalue weighted by Gasteiger charge is -2.26. The monoisotopic (exact) mass is 249 g/mol. The van der Waals surface area contributed by atoms with Crippen LogP contribution in [0.2, 0.25) is 0 Å². The summed E-state index contributed by atoms with van der Waals surface area (Å²) < 4.78 is 1.78. The van der Waals surface area contributed by atoms with Crippen LogP contribution >= 0.6 is 0 Å². The van der Waals surface area contributed by atoms with Crippen LogP contribution in [0.1, 0.15) is 42.7 Å². The summed E-state index contributed by atoms with van der Waals surface area (Å²) >= 11 is 0. The molecule has 2 fully saturated rings. The Morgan fingerprint density at radius 1 is 1.50 bits per heavy atom. The maximum atomic E-state index is 12.0. The molecule has 2 heterocycles. The summed E-state index contributed by atoms with van der Waals surface area (Å²) in [4.78, 5) is 12.0. The molecular formula is C12H19N5O. The van der Waals surface area contributed by atoms with Crippen molar-refractivity contribution in [2.24, 2.45) is 5.92 Å². The van der Waals surface area contributed by atoms with Crippen molar-refractivity contribution in [2.45, 2.75) is 38.3 Å². The predicted molar refractivity (Wildman–Crippen MR) is 66.2 cm³/mol. The Hall–Kier alpha value is -1.43. The molecule has 2 atom stereocenters. The summed E-state index contributed by atoms with van der Waals surface area (Å²) in [5, 5.41) is 14.2. The zero-order valence-electron chi connectivity index (χ0n) is 10.6. The van der Waals surface area contributed by atoms with Crippen LogP contribution in [-0.2, 0) is 0 Å². The van der Waals surface area contributed by atoms with Crippen LogP contribution in [0.25, 0.3) is 0 Å². The van der Waals surface area contributed by atoms with Gasteiger partial charge in [-0.2, -0.15) is 0 Å². The highest BCUT2D eigenvalue weighted by Crippen LogP contribution is 2.24. The lowest BCUT2D eigenvalue weighted by molar-refractivity contribution is 0.0924. The van der Waals surface area contributed by atoms with E-state index in [9.17, 15) is 4.79 Å². The molecule has 18 heavy (non-hydrogen) atoms. The summed E-state index contributed by atoms with van der Waals surface area (Å²) in [6.07, 6.45) is 5.23. The van der Waals surface area contributed by atoms with E-state index in [0.717, 1.165) is 19.5 Å². The van der Waals surface area contributed by atoms with Crippen LogP contribution in [0, 0.1) is 5.92 Å². The highest BCUT2D eigenvalue weighted by Gasteiger charge is 2.27. The molecule has 2 unspecified atom stereocenters. The first-order valence-electron chi connectivity index (χ1n) is 6.67. The average Bonchev–Trinajstić information content (AvgIpc) is 2.87. The van der Waals surface area contributed by atoms with E-state index in [-0.39, 0.29) is 5.91 Å². The molecule has 1 aliphatic heterocycles. The largest absolute Gasteiger partial charge is 0.348 e. The topological polar surface area (TPSA) is 71.8 Å². The molecule has 6 nitrogen and oxygen atoms in total. The standard InChI is InChI=1S/C12H19N5O/c1-8-3-2-4-10(8)14-12(18)11-7-17(16-15-11)9-5-13-6-9/h7-10,13H,2-6H2,1H3,(H,14,18). The number of hydrogen-bond acceptors (Lipinski definition) is 4. The van der Waals surface area contributed by atoms with Crippen molar-refractivity contribution < 1.29 is 4.79 Å². The average molecular weight is 249 g/mol. The number of amides is 1. The van der Waals surface area contributed by atoms with E-state index in [4.69, 9.17) is 0 Å². The van der Waals surface area contributed by atoms with Gasteiger partial charge < -0.3 is 10.6 Å². The van der Waals surface area contributed by atoms with Gasteiger partial charge in [0, 0.05) is 19.1 Å². The van der Waals surface area contributed by atoms with Gasteiger partial charge in [0.15, 0.2) is 5.69 Å². The molecule has 0 aromatic carbocycles. The Morgan fingerprint density at radius 2 is 2.33 bits per heavy atom. The zero-order valence-corrected chi connectivity index (χ0v) is 10.6. The third-order valence-electron chi connectivity index (χ3n) is 4.05. The second kappa shape index (κ2) is 4.68. The van der Waals surface area contributed by atoms with Crippen molar-refractivity contribution in [3.8, 4) is 0 Å². The maximum absolute atomic E-state index is 12.0. The minimum Gasteiger partial charge on any atom is -0.348 e. The molecule has 2 aliphatic rings. The second-order valence-electron chi connectivity index (χ2n) is 5.38. The Balaban J connectivity index is 1.62. The fourth-order valence-electron chi connectivity index (χ4n) is 2.62. The fourth-order valence-corrected chi connectivity index (χ4v) is 2.62. The number of rotatable bonds is 3. The minimum absolute atomic E-state index is 0.0905. The maximum Gasteiger partial charge on any atom is 0.273 e. The van der Waals surface area contributed by atoms with Crippen molar-refractivity contribution in [2.75, 3.05) is 13.1 Å². The van der Waals surface area contributed by atoms with Gasteiger partial charge in [-0.05, 0) is 18.8 Å². The molecule has 0 bridgehead atoms. The molecule has 0 radical (unpaired) electrons. The summed E-state index contributed by atoms with van der Waals surface area (Å²) in [6, 6.07) is 0.650.